The molecule has 106 valence electrons. The maximum absolute atomic E-state index is 12.5. The van der Waals surface area contributed by atoms with Gasteiger partial charge in [-0.05, 0) is 26.8 Å². The molecule has 0 spiro atoms. The SMILES string of the molecule is CC(C)(C)OC(=O)Nc1sc(C(F)(F)F)cc1C=O. The molecule has 8 heteroatoms. The molecule has 0 saturated heterocycles. The summed E-state index contributed by atoms with van der Waals surface area (Å²) in [6.45, 7) is 4.84. The summed E-state index contributed by atoms with van der Waals surface area (Å²) in [6.07, 6.45) is -5.22. The summed E-state index contributed by atoms with van der Waals surface area (Å²) in [6, 6.07) is 0.685. The van der Waals surface area contributed by atoms with Crippen molar-refractivity contribution in [1.82, 2.24) is 0 Å². The van der Waals surface area contributed by atoms with Gasteiger partial charge in [0.2, 0.25) is 0 Å². The van der Waals surface area contributed by atoms with Crippen LogP contribution in [-0.2, 0) is 10.9 Å². The molecule has 1 aromatic heterocycles. The van der Waals surface area contributed by atoms with Gasteiger partial charge in [0.1, 0.15) is 15.5 Å². The zero-order valence-corrected chi connectivity index (χ0v) is 11.2. The smallest absolute Gasteiger partial charge is 0.425 e. The lowest BCUT2D eigenvalue weighted by molar-refractivity contribution is -0.134. The molecule has 0 atom stereocenters. The first kappa shape index (κ1) is 15.5. The van der Waals surface area contributed by atoms with Crippen LogP contribution in [0.1, 0.15) is 36.0 Å². The number of carbonyl (C=O) groups is 2. The molecule has 1 aromatic rings. The molecule has 0 aliphatic carbocycles. The number of thiophene rings is 1. The maximum atomic E-state index is 12.5. The van der Waals surface area contributed by atoms with Gasteiger partial charge in [0.15, 0.2) is 6.29 Å². The highest BCUT2D eigenvalue weighted by Crippen LogP contribution is 2.38. The number of ether oxygens (including phenoxy) is 1. The van der Waals surface area contributed by atoms with E-state index in [9.17, 15) is 22.8 Å². The maximum Gasteiger partial charge on any atom is 0.425 e. The molecule has 19 heavy (non-hydrogen) atoms. The van der Waals surface area contributed by atoms with Gasteiger partial charge in [-0.25, -0.2) is 4.79 Å². The van der Waals surface area contributed by atoms with Crippen molar-refractivity contribution < 1.29 is 27.5 Å². The molecule has 0 bridgehead atoms. The third kappa shape index (κ3) is 4.55. The van der Waals surface area contributed by atoms with Crippen molar-refractivity contribution in [2.75, 3.05) is 5.32 Å². The number of anilines is 1. The van der Waals surface area contributed by atoms with Crippen LogP contribution in [0.5, 0.6) is 0 Å². The normalized spacial score (nSPS) is 12.1. The average molecular weight is 295 g/mol. The summed E-state index contributed by atoms with van der Waals surface area (Å²) in [5.74, 6) is 0. The fourth-order valence-corrected chi connectivity index (χ4v) is 2.01. The van der Waals surface area contributed by atoms with Gasteiger partial charge in [-0.1, -0.05) is 0 Å². The number of nitrogens with one attached hydrogen (secondary N) is 1. The minimum atomic E-state index is -4.56. The fraction of sp³-hybridized carbons (Fsp3) is 0.455. The molecule has 1 rings (SSSR count). The van der Waals surface area contributed by atoms with E-state index in [1.165, 1.54) is 0 Å². The van der Waals surface area contributed by atoms with Crippen LogP contribution < -0.4 is 5.32 Å². The van der Waals surface area contributed by atoms with Crippen LogP contribution >= 0.6 is 11.3 Å². The minimum absolute atomic E-state index is 0.184. The van der Waals surface area contributed by atoms with Crippen molar-refractivity contribution in [2.45, 2.75) is 32.5 Å². The zero-order valence-electron chi connectivity index (χ0n) is 10.4. The number of hydrogen-bond donors (Lipinski definition) is 1. The van der Waals surface area contributed by atoms with Gasteiger partial charge in [0, 0.05) is 5.56 Å². The summed E-state index contributed by atoms with van der Waals surface area (Å²) in [4.78, 5) is 21.2. The van der Waals surface area contributed by atoms with Gasteiger partial charge in [-0.15, -0.1) is 11.3 Å². The summed E-state index contributed by atoms with van der Waals surface area (Å²) in [5, 5.41) is 1.95. The van der Waals surface area contributed by atoms with Crippen molar-refractivity contribution in [1.29, 1.82) is 0 Å². The van der Waals surface area contributed by atoms with E-state index in [4.69, 9.17) is 4.74 Å². The van der Waals surface area contributed by atoms with E-state index in [2.05, 4.69) is 5.32 Å². The second kappa shape index (κ2) is 5.20. The van der Waals surface area contributed by atoms with Crippen molar-refractivity contribution in [2.24, 2.45) is 0 Å². The summed E-state index contributed by atoms with van der Waals surface area (Å²) in [5.41, 5.74) is -1.02. The van der Waals surface area contributed by atoms with Crippen molar-refractivity contribution in [3.05, 3.63) is 16.5 Å². The standard InChI is InChI=1S/C11H12F3NO3S/c1-10(2,3)18-9(17)15-8-6(5-16)4-7(19-8)11(12,13)14/h4-5H,1-3H3,(H,15,17). The quantitative estimate of drug-likeness (QED) is 0.841. The molecule has 4 nitrogen and oxygen atoms in total. The summed E-state index contributed by atoms with van der Waals surface area (Å²) >= 11 is 0.277. The van der Waals surface area contributed by atoms with Gasteiger partial charge < -0.3 is 4.74 Å². The molecular formula is C11H12F3NO3S. The predicted octanol–water partition coefficient (Wildman–Crippen LogP) is 3.93. The van der Waals surface area contributed by atoms with Crippen molar-refractivity contribution in [3.8, 4) is 0 Å². The first-order valence-corrected chi connectivity index (χ1v) is 6.01. The second-order valence-electron chi connectivity index (χ2n) is 4.64. The lowest BCUT2D eigenvalue weighted by Crippen LogP contribution is -2.27. The Labute approximate surface area is 111 Å². The minimum Gasteiger partial charge on any atom is -0.444 e. The molecular weight excluding hydrogens is 283 g/mol. The second-order valence-corrected chi connectivity index (χ2v) is 5.69. The number of carbonyl (C=O) groups excluding carboxylic acids is 2. The average Bonchev–Trinajstić information content (AvgIpc) is 2.57. The van der Waals surface area contributed by atoms with Crippen LogP contribution in [0.3, 0.4) is 0 Å². The van der Waals surface area contributed by atoms with Crippen molar-refractivity contribution in [3.63, 3.8) is 0 Å². The van der Waals surface area contributed by atoms with E-state index in [1.807, 2.05) is 0 Å². The topological polar surface area (TPSA) is 55.4 Å². The van der Waals surface area contributed by atoms with Crippen LogP contribution in [0, 0.1) is 0 Å². The highest BCUT2D eigenvalue weighted by Gasteiger charge is 2.34. The predicted molar refractivity (Wildman–Crippen MR) is 64.6 cm³/mol. The molecule has 0 aromatic carbocycles. The Morgan fingerprint density at radius 2 is 1.95 bits per heavy atom. The highest BCUT2D eigenvalue weighted by atomic mass is 32.1. The van der Waals surface area contributed by atoms with Crippen LogP contribution in [0.4, 0.5) is 23.0 Å². The highest BCUT2D eigenvalue weighted by molar-refractivity contribution is 7.16. The first-order chi connectivity index (χ1) is 8.53. The Balaban J connectivity index is 2.92. The van der Waals surface area contributed by atoms with Gasteiger partial charge in [-0.2, -0.15) is 13.2 Å². The Morgan fingerprint density at radius 3 is 2.37 bits per heavy atom. The Bertz CT molecular complexity index is 488. The van der Waals surface area contributed by atoms with Crippen LogP contribution in [0.15, 0.2) is 6.07 Å². The molecule has 0 radical (unpaired) electrons. The third-order valence-electron chi connectivity index (χ3n) is 1.78. The molecule has 0 aliphatic heterocycles. The van der Waals surface area contributed by atoms with E-state index < -0.39 is 22.7 Å². The van der Waals surface area contributed by atoms with Gasteiger partial charge in [0.05, 0.1) is 0 Å². The van der Waals surface area contributed by atoms with Gasteiger partial charge >= 0.3 is 12.3 Å². The molecule has 0 saturated carbocycles. The van der Waals surface area contributed by atoms with E-state index >= 15 is 0 Å². The largest absolute Gasteiger partial charge is 0.444 e. The van der Waals surface area contributed by atoms with Gasteiger partial charge in [0.25, 0.3) is 0 Å². The summed E-state index contributed by atoms with van der Waals surface area (Å²) in [7, 11) is 0. The molecule has 0 unspecified atom stereocenters. The lowest BCUT2D eigenvalue weighted by atomic mass is 10.2. The molecule has 0 fully saturated rings. The number of hydrogen-bond acceptors (Lipinski definition) is 4. The van der Waals surface area contributed by atoms with E-state index in [1.54, 1.807) is 20.8 Å². The Morgan fingerprint density at radius 1 is 1.37 bits per heavy atom. The lowest BCUT2D eigenvalue weighted by Gasteiger charge is -2.19. The zero-order chi connectivity index (χ0) is 14.8. The number of alkyl halides is 3. The van der Waals surface area contributed by atoms with Crippen LogP contribution in [0.25, 0.3) is 0 Å². The van der Waals surface area contributed by atoms with E-state index in [0.717, 1.165) is 0 Å². The first-order valence-electron chi connectivity index (χ1n) is 5.19. The Hall–Kier alpha value is -1.57. The van der Waals surface area contributed by atoms with E-state index in [0.29, 0.717) is 6.07 Å². The molecule has 1 N–H and O–H groups in total. The van der Waals surface area contributed by atoms with Gasteiger partial charge in [-0.3, -0.25) is 10.1 Å². The molecule has 1 heterocycles. The number of aldehydes is 1. The number of rotatable bonds is 2. The monoisotopic (exact) mass is 295 g/mol. The van der Waals surface area contributed by atoms with Crippen LogP contribution in [-0.4, -0.2) is 18.0 Å². The molecule has 0 aliphatic rings. The number of amides is 1. The summed E-state index contributed by atoms with van der Waals surface area (Å²) < 4.78 is 42.3. The fourth-order valence-electron chi connectivity index (χ4n) is 1.13. The molecule has 1 amide bonds. The Kier molecular flexibility index (Phi) is 4.24. The van der Waals surface area contributed by atoms with Crippen LogP contribution in [0.2, 0.25) is 0 Å². The van der Waals surface area contributed by atoms with Crippen molar-refractivity contribution >= 4 is 28.7 Å². The number of halogens is 3. The third-order valence-corrected chi connectivity index (χ3v) is 2.89. The van der Waals surface area contributed by atoms with E-state index in [-0.39, 0.29) is 28.2 Å².